The zero-order valence-corrected chi connectivity index (χ0v) is 30.6. The summed E-state index contributed by atoms with van der Waals surface area (Å²) in [5, 5.41) is 0. The van der Waals surface area contributed by atoms with Crippen LogP contribution in [0.25, 0.3) is 33.4 Å². The van der Waals surface area contributed by atoms with E-state index in [1.165, 1.54) is 53.0 Å². The first kappa shape index (κ1) is 34.4. The third-order valence-electron chi connectivity index (χ3n) is 9.45. The van der Waals surface area contributed by atoms with Crippen LogP contribution in [-0.4, -0.2) is 0 Å². The molecule has 7 aromatic carbocycles. The maximum atomic E-state index is 4.16. The van der Waals surface area contributed by atoms with Crippen LogP contribution >= 0.6 is 10.0 Å². The van der Waals surface area contributed by atoms with E-state index in [-0.39, 0.29) is 0 Å². The Morgan fingerprint density at radius 2 is 0.923 bits per heavy atom. The van der Waals surface area contributed by atoms with Crippen molar-refractivity contribution < 1.29 is 0 Å². The largest absolute Gasteiger partial charge is 0.311 e. The lowest BCUT2D eigenvalue weighted by molar-refractivity contribution is 1.21. The van der Waals surface area contributed by atoms with Crippen molar-refractivity contribution in [2.24, 2.45) is 0 Å². The summed E-state index contributed by atoms with van der Waals surface area (Å²) in [4.78, 5) is 7.72. The highest BCUT2D eigenvalue weighted by atomic mass is 32.3. The molecule has 8 rings (SSSR count). The molecular weight excluding hydrogens is 647 g/mol. The molecular formula is C50H43NS. The zero-order valence-electron chi connectivity index (χ0n) is 29.8. The smallest absolute Gasteiger partial charge is 0.0462 e. The quantitative estimate of drug-likeness (QED) is 0.136. The molecule has 0 atom stereocenters. The molecule has 0 saturated heterocycles. The second-order valence-corrected chi connectivity index (χ2v) is 15.3. The van der Waals surface area contributed by atoms with E-state index in [4.69, 9.17) is 0 Å². The lowest BCUT2D eigenvalue weighted by Crippen LogP contribution is -2.15. The summed E-state index contributed by atoms with van der Waals surface area (Å²) in [6, 6.07) is 66.3. The lowest BCUT2D eigenvalue weighted by Gasteiger charge is -2.40. The van der Waals surface area contributed by atoms with Crippen LogP contribution in [0.1, 0.15) is 13.8 Å². The van der Waals surface area contributed by atoms with Gasteiger partial charge in [-0.15, -0.1) is 10.0 Å². The minimum atomic E-state index is -1.78. The van der Waals surface area contributed by atoms with Gasteiger partial charge in [0.1, 0.15) is 0 Å². The molecule has 52 heavy (non-hydrogen) atoms. The van der Waals surface area contributed by atoms with Gasteiger partial charge in [-0.3, -0.25) is 0 Å². The Balaban J connectivity index is 0.00000207. The Hall–Kier alpha value is -6.09. The fourth-order valence-electron chi connectivity index (χ4n) is 7.27. The maximum Gasteiger partial charge on any atom is 0.0462 e. The SMILES string of the molecule is C=C/C=C(\C=C)N(c1ccc(-c2ccccc2)cc1)c1ccc(-c2cccc3c2S(c2ccccc2)(c2ccccc2)c2ccccc2-3)cc1.CC. The van der Waals surface area contributed by atoms with E-state index >= 15 is 0 Å². The van der Waals surface area contributed by atoms with E-state index in [1.54, 1.807) is 0 Å². The van der Waals surface area contributed by atoms with Crippen LogP contribution < -0.4 is 4.90 Å². The van der Waals surface area contributed by atoms with Gasteiger partial charge in [0.2, 0.25) is 0 Å². The van der Waals surface area contributed by atoms with Crippen LogP contribution in [0.4, 0.5) is 11.4 Å². The molecule has 0 saturated carbocycles. The van der Waals surface area contributed by atoms with Crippen molar-refractivity contribution >= 4 is 21.4 Å². The van der Waals surface area contributed by atoms with E-state index in [9.17, 15) is 0 Å². The van der Waals surface area contributed by atoms with Crippen LogP contribution in [0.3, 0.4) is 0 Å². The number of allylic oxidation sites excluding steroid dienone is 3. The molecule has 0 amide bonds. The number of hydrogen-bond donors (Lipinski definition) is 0. The topological polar surface area (TPSA) is 3.24 Å². The molecule has 0 unspecified atom stereocenters. The van der Waals surface area contributed by atoms with Crippen molar-refractivity contribution in [3.8, 4) is 33.4 Å². The second kappa shape index (κ2) is 15.4. The monoisotopic (exact) mass is 689 g/mol. The number of nitrogens with zero attached hydrogens (tertiary/aromatic N) is 1. The molecule has 254 valence electrons. The number of anilines is 2. The highest BCUT2D eigenvalue weighted by molar-refractivity contribution is 8.34. The average molecular weight is 690 g/mol. The zero-order chi connectivity index (χ0) is 35.9. The maximum absolute atomic E-state index is 4.16. The molecule has 1 aliphatic heterocycles. The van der Waals surface area contributed by atoms with Crippen LogP contribution in [-0.2, 0) is 0 Å². The van der Waals surface area contributed by atoms with Crippen LogP contribution in [0.15, 0.2) is 239 Å². The minimum Gasteiger partial charge on any atom is -0.311 e. The van der Waals surface area contributed by atoms with E-state index in [0.717, 1.165) is 17.1 Å². The first-order valence-electron chi connectivity index (χ1n) is 17.9. The van der Waals surface area contributed by atoms with Crippen LogP contribution in [0.5, 0.6) is 0 Å². The summed E-state index contributed by atoms with van der Waals surface area (Å²) in [5.41, 5.74) is 10.5. The normalized spacial score (nSPS) is 13.1. The van der Waals surface area contributed by atoms with Gasteiger partial charge < -0.3 is 4.90 Å². The number of rotatable bonds is 9. The van der Waals surface area contributed by atoms with Gasteiger partial charge in [-0.25, -0.2) is 0 Å². The van der Waals surface area contributed by atoms with Crippen molar-refractivity contribution in [3.63, 3.8) is 0 Å². The predicted molar refractivity (Wildman–Crippen MR) is 225 cm³/mol. The van der Waals surface area contributed by atoms with E-state index in [0.29, 0.717) is 0 Å². The summed E-state index contributed by atoms with van der Waals surface area (Å²) in [6.07, 6.45) is 5.71. The first-order chi connectivity index (χ1) is 25.7. The molecule has 2 heteroatoms. The van der Waals surface area contributed by atoms with Crippen molar-refractivity contribution in [2.45, 2.75) is 33.4 Å². The Bertz CT molecular complexity index is 2280. The fourth-order valence-corrected chi connectivity index (χ4v) is 11.7. The Labute approximate surface area is 310 Å². The molecule has 0 fully saturated rings. The van der Waals surface area contributed by atoms with Crippen LogP contribution in [0, 0.1) is 0 Å². The summed E-state index contributed by atoms with van der Waals surface area (Å²) < 4.78 is 0. The Morgan fingerprint density at radius 3 is 1.48 bits per heavy atom. The summed E-state index contributed by atoms with van der Waals surface area (Å²) in [7, 11) is -1.78. The minimum absolute atomic E-state index is 0.952. The standard InChI is InChI=1S/C48H37NS.C2H6/c1-3-17-39(4-2)49(40-32-28-37(29-33-40)36-18-8-5-9-19-36)41-34-30-38(31-35-41)44-25-16-26-46-45-24-14-15-27-47(45)50(48(44)46,42-20-10-6-11-21-42)43-22-12-7-13-23-43;1-2/h3-35H,1-2H2;1-2H3/b39-17+;. The highest BCUT2D eigenvalue weighted by Gasteiger charge is 2.43. The average Bonchev–Trinajstić information content (AvgIpc) is 3.54. The molecule has 0 radical (unpaired) electrons. The number of hydrogen-bond acceptors (Lipinski definition) is 1. The Kier molecular flexibility index (Phi) is 10.2. The third-order valence-corrected chi connectivity index (χ3v) is 13.5. The molecule has 0 aromatic heterocycles. The van der Waals surface area contributed by atoms with Gasteiger partial charge in [-0.1, -0.05) is 160 Å². The number of fused-ring (bicyclic) bond motifs is 3. The van der Waals surface area contributed by atoms with Gasteiger partial charge >= 0.3 is 0 Å². The summed E-state index contributed by atoms with van der Waals surface area (Å²) in [6.45, 7) is 12.2. The van der Waals surface area contributed by atoms with Crippen molar-refractivity contribution in [2.75, 3.05) is 4.90 Å². The van der Waals surface area contributed by atoms with Crippen LogP contribution in [0.2, 0.25) is 0 Å². The molecule has 0 bridgehead atoms. The summed E-state index contributed by atoms with van der Waals surface area (Å²) in [5.74, 6) is 0. The number of benzene rings is 7. The van der Waals surface area contributed by atoms with Gasteiger partial charge in [-0.2, -0.15) is 0 Å². The third kappa shape index (κ3) is 6.02. The fraction of sp³-hybridized carbons (Fsp3) is 0.0400. The van der Waals surface area contributed by atoms with Crippen molar-refractivity contribution in [1.29, 1.82) is 0 Å². The molecule has 7 aromatic rings. The molecule has 0 spiro atoms. The Morgan fingerprint density at radius 1 is 0.462 bits per heavy atom. The van der Waals surface area contributed by atoms with Crippen molar-refractivity contribution in [1.82, 2.24) is 0 Å². The lowest BCUT2D eigenvalue weighted by atomic mass is 9.98. The predicted octanol–water partition coefficient (Wildman–Crippen LogP) is 14.8. The van der Waals surface area contributed by atoms with Gasteiger partial charge in [0.25, 0.3) is 0 Å². The molecule has 1 heterocycles. The molecule has 0 aliphatic carbocycles. The van der Waals surface area contributed by atoms with E-state index < -0.39 is 10.0 Å². The van der Waals surface area contributed by atoms with E-state index in [1.807, 2.05) is 38.1 Å². The highest BCUT2D eigenvalue weighted by Crippen LogP contribution is 2.81. The molecule has 1 aliphatic rings. The second-order valence-electron chi connectivity index (χ2n) is 12.2. The van der Waals surface area contributed by atoms with Gasteiger partial charge in [0, 0.05) is 36.7 Å². The summed E-state index contributed by atoms with van der Waals surface area (Å²) >= 11 is 0. The van der Waals surface area contributed by atoms with Gasteiger partial charge in [-0.05, 0) is 100 Å². The van der Waals surface area contributed by atoms with Gasteiger partial charge in [0.05, 0.1) is 0 Å². The first-order valence-corrected chi connectivity index (χ1v) is 19.5. The van der Waals surface area contributed by atoms with E-state index in [2.05, 4.69) is 194 Å². The molecule has 1 nitrogen and oxygen atoms in total. The molecule has 0 N–H and O–H groups in total. The van der Waals surface area contributed by atoms with Crippen molar-refractivity contribution in [3.05, 3.63) is 219 Å². The van der Waals surface area contributed by atoms with Gasteiger partial charge in [0.15, 0.2) is 0 Å².